The predicted molar refractivity (Wildman–Crippen MR) is 114 cm³/mol. The average molecular weight is 465 g/mol. The lowest BCUT2D eigenvalue weighted by atomic mass is 9.92. The topological polar surface area (TPSA) is 139 Å². The van der Waals surface area contributed by atoms with Crippen LogP contribution in [0, 0.1) is 0 Å². The van der Waals surface area contributed by atoms with Crippen molar-refractivity contribution in [1.29, 1.82) is 0 Å². The van der Waals surface area contributed by atoms with E-state index in [1.807, 2.05) is 0 Å². The Hall–Kier alpha value is -2.95. The van der Waals surface area contributed by atoms with Gasteiger partial charge in [0.2, 0.25) is 15.9 Å². The number of amides is 4. The molecule has 0 bridgehead atoms. The highest BCUT2D eigenvalue weighted by molar-refractivity contribution is 7.89. The molecule has 0 aliphatic carbocycles. The Morgan fingerprint density at radius 1 is 1.13 bits per heavy atom. The van der Waals surface area contributed by atoms with Crippen LogP contribution < -0.4 is 15.8 Å². The molecule has 11 heteroatoms. The summed E-state index contributed by atoms with van der Waals surface area (Å²) >= 11 is 5.88. The second kappa shape index (κ2) is 8.66. The summed E-state index contributed by atoms with van der Waals surface area (Å²) in [6, 6.07) is 11.8. The van der Waals surface area contributed by atoms with Crippen LogP contribution in [0.3, 0.4) is 0 Å². The second-order valence-electron chi connectivity index (χ2n) is 7.24. The van der Waals surface area contributed by atoms with Crippen molar-refractivity contribution in [3.8, 4) is 0 Å². The van der Waals surface area contributed by atoms with Crippen molar-refractivity contribution in [1.82, 2.24) is 15.5 Å². The zero-order valence-electron chi connectivity index (χ0n) is 16.6. The number of nitrogens with one attached hydrogen (secondary N) is 2. The number of imide groups is 1. The van der Waals surface area contributed by atoms with Crippen molar-refractivity contribution in [2.24, 2.45) is 5.14 Å². The molecule has 9 nitrogen and oxygen atoms in total. The molecule has 0 spiro atoms. The van der Waals surface area contributed by atoms with Crippen molar-refractivity contribution < 1.29 is 22.8 Å². The van der Waals surface area contributed by atoms with Gasteiger partial charge in [0, 0.05) is 11.6 Å². The van der Waals surface area contributed by atoms with E-state index in [0.717, 1.165) is 10.5 Å². The molecule has 4 amide bonds. The Kier molecular flexibility index (Phi) is 6.35. The third-order valence-electron chi connectivity index (χ3n) is 4.99. The number of hydrogen-bond acceptors (Lipinski definition) is 5. The van der Waals surface area contributed by atoms with E-state index in [4.69, 9.17) is 16.7 Å². The molecule has 2 aromatic carbocycles. The lowest BCUT2D eigenvalue weighted by molar-refractivity contribution is -0.134. The van der Waals surface area contributed by atoms with Crippen LogP contribution in [0.5, 0.6) is 0 Å². The summed E-state index contributed by atoms with van der Waals surface area (Å²) in [5.74, 6) is -1.03. The molecule has 3 rings (SSSR count). The van der Waals surface area contributed by atoms with Crippen molar-refractivity contribution >= 4 is 39.5 Å². The number of halogens is 1. The maximum Gasteiger partial charge on any atom is 0.325 e. The van der Waals surface area contributed by atoms with Crippen LogP contribution in [0.4, 0.5) is 4.79 Å². The first-order valence-electron chi connectivity index (χ1n) is 9.29. The van der Waals surface area contributed by atoms with Crippen LogP contribution in [0.25, 0.3) is 0 Å². The highest BCUT2D eigenvalue weighted by Crippen LogP contribution is 2.29. The molecule has 1 aliphatic heterocycles. The maximum atomic E-state index is 12.8. The molecule has 1 heterocycles. The number of urea groups is 1. The van der Waals surface area contributed by atoms with Crippen molar-refractivity contribution in [2.75, 3.05) is 13.1 Å². The molecule has 1 atom stereocenters. The first kappa shape index (κ1) is 22.7. The van der Waals surface area contributed by atoms with Gasteiger partial charge in [-0.1, -0.05) is 35.9 Å². The molecule has 4 N–H and O–H groups in total. The van der Waals surface area contributed by atoms with E-state index in [1.54, 1.807) is 43.3 Å². The molecular weight excluding hydrogens is 444 g/mol. The molecule has 1 saturated heterocycles. The van der Waals surface area contributed by atoms with E-state index in [9.17, 15) is 22.8 Å². The lowest BCUT2D eigenvalue weighted by Crippen LogP contribution is -2.43. The number of carbonyl (C=O) groups excluding carboxylic acids is 3. The van der Waals surface area contributed by atoms with Gasteiger partial charge < -0.3 is 10.6 Å². The zero-order chi connectivity index (χ0) is 22.8. The van der Waals surface area contributed by atoms with Crippen LogP contribution in [-0.2, 0) is 31.6 Å². The number of sulfonamides is 1. The summed E-state index contributed by atoms with van der Waals surface area (Å²) in [4.78, 5) is 38.3. The number of rotatable bonds is 7. The van der Waals surface area contributed by atoms with E-state index in [1.165, 1.54) is 12.1 Å². The third kappa shape index (κ3) is 5.04. The lowest BCUT2D eigenvalue weighted by Gasteiger charge is -2.22. The number of carbonyl (C=O) groups is 3. The molecule has 164 valence electrons. The smallest absolute Gasteiger partial charge is 0.325 e. The number of primary sulfonamides is 1. The number of nitrogens with two attached hydrogens (primary N) is 1. The fourth-order valence-electron chi connectivity index (χ4n) is 3.21. The van der Waals surface area contributed by atoms with Gasteiger partial charge in [-0.2, -0.15) is 0 Å². The fourth-order valence-corrected chi connectivity index (χ4v) is 3.85. The summed E-state index contributed by atoms with van der Waals surface area (Å²) in [6.45, 7) is 1.39. The number of benzene rings is 2. The van der Waals surface area contributed by atoms with Crippen LogP contribution in [-0.4, -0.2) is 44.3 Å². The molecule has 1 unspecified atom stereocenters. The summed E-state index contributed by atoms with van der Waals surface area (Å²) in [5, 5.41) is 10.8. The molecule has 0 saturated carbocycles. The van der Waals surface area contributed by atoms with Crippen molar-refractivity contribution in [3.05, 3.63) is 64.7 Å². The van der Waals surface area contributed by atoms with Crippen molar-refractivity contribution in [2.45, 2.75) is 23.8 Å². The van der Waals surface area contributed by atoms with Gasteiger partial charge in [-0.25, -0.2) is 18.4 Å². The van der Waals surface area contributed by atoms with Gasteiger partial charge in [0.15, 0.2) is 0 Å². The Balaban J connectivity index is 1.56. The van der Waals surface area contributed by atoms with Gasteiger partial charge in [-0.3, -0.25) is 14.5 Å². The van der Waals surface area contributed by atoms with E-state index in [-0.39, 0.29) is 11.4 Å². The van der Waals surface area contributed by atoms with E-state index in [2.05, 4.69) is 10.6 Å². The van der Waals surface area contributed by atoms with Crippen LogP contribution in [0.2, 0.25) is 5.02 Å². The van der Waals surface area contributed by atoms with E-state index >= 15 is 0 Å². The zero-order valence-corrected chi connectivity index (χ0v) is 18.2. The summed E-state index contributed by atoms with van der Waals surface area (Å²) in [7, 11) is -3.76. The van der Waals surface area contributed by atoms with Crippen molar-refractivity contribution in [3.63, 3.8) is 0 Å². The first-order chi connectivity index (χ1) is 14.5. The highest BCUT2D eigenvalue weighted by atomic mass is 35.5. The van der Waals surface area contributed by atoms with Crippen LogP contribution >= 0.6 is 11.6 Å². The minimum atomic E-state index is -3.76. The molecule has 2 aromatic rings. The first-order valence-corrected chi connectivity index (χ1v) is 11.2. The Bertz CT molecular complexity index is 1120. The summed E-state index contributed by atoms with van der Waals surface area (Å²) in [5.41, 5.74) is 0.0617. The van der Waals surface area contributed by atoms with Gasteiger partial charge in [0.1, 0.15) is 12.1 Å². The maximum absolute atomic E-state index is 12.8. The van der Waals surface area contributed by atoms with E-state index < -0.39 is 40.0 Å². The SMILES string of the molecule is CC1(c2ccc(Cl)cc2)NC(=O)N(CC(=O)NCCc2ccc(S(N)(=O)=O)cc2)C1=O. The minimum absolute atomic E-state index is 0.00239. The van der Waals surface area contributed by atoms with Gasteiger partial charge in [0.05, 0.1) is 4.90 Å². The standard InChI is InChI=1S/C20H21ClN4O5S/c1-20(14-4-6-15(21)7-5-14)18(27)25(19(28)24-20)12-17(26)23-11-10-13-2-8-16(9-3-13)31(22,29)30/h2-9H,10-12H2,1H3,(H,23,26)(H,24,28)(H2,22,29,30). The quantitative estimate of drug-likeness (QED) is 0.527. The fraction of sp³-hybridized carbons (Fsp3) is 0.250. The number of hydrogen-bond donors (Lipinski definition) is 3. The minimum Gasteiger partial charge on any atom is -0.354 e. The van der Waals surface area contributed by atoms with Gasteiger partial charge in [-0.15, -0.1) is 0 Å². The van der Waals surface area contributed by atoms with Gasteiger partial charge in [-0.05, 0) is 48.7 Å². The van der Waals surface area contributed by atoms with Crippen LogP contribution in [0.1, 0.15) is 18.1 Å². The van der Waals surface area contributed by atoms with Gasteiger partial charge in [0.25, 0.3) is 5.91 Å². The summed E-state index contributed by atoms with van der Waals surface area (Å²) < 4.78 is 22.5. The Morgan fingerprint density at radius 2 is 1.74 bits per heavy atom. The van der Waals surface area contributed by atoms with E-state index in [0.29, 0.717) is 17.0 Å². The number of nitrogens with zero attached hydrogens (tertiary/aromatic N) is 1. The molecular formula is C20H21ClN4O5S. The summed E-state index contributed by atoms with van der Waals surface area (Å²) in [6.07, 6.45) is 0.430. The third-order valence-corrected chi connectivity index (χ3v) is 6.17. The molecule has 31 heavy (non-hydrogen) atoms. The second-order valence-corrected chi connectivity index (χ2v) is 9.24. The predicted octanol–water partition coefficient (Wildman–Crippen LogP) is 1.11. The molecule has 0 radical (unpaired) electrons. The van der Waals surface area contributed by atoms with Gasteiger partial charge >= 0.3 is 6.03 Å². The monoisotopic (exact) mass is 464 g/mol. The highest BCUT2D eigenvalue weighted by Gasteiger charge is 2.49. The average Bonchev–Trinajstić information content (AvgIpc) is 2.92. The molecule has 0 aromatic heterocycles. The Labute approximate surface area is 184 Å². The normalized spacial score (nSPS) is 18.7. The largest absolute Gasteiger partial charge is 0.354 e. The molecule has 1 fully saturated rings. The Morgan fingerprint density at radius 3 is 2.32 bits per heavy atom. The van der Waals surface area contributed by atoms with Crippen LogP contribution in [0.15, 0.2) is 53.4 Å². The molecule has 1 aliphatic rings.